The number of pyridine rings is 1. The second-order valence-electron chi connectivity index (χ2n) is 8.97. The van der Waals surface area contributed by atoms with Gasteiger partial charge in [-0.3, -0.25) is 14.6 Å². The lowest BCUT2D eigenvalue weighted by molar-refractivity contribution is 0.246. The first kappa shape index (κ1) is 23.3. The lowest BCUT2D eigenvalue weighted by Crippen LogP contribution is -2.27. The van der Waals surface area contributed by atoms with Crippen LogP contribution in [-0.4, -0.2) is 36.3 Å². The molecule has 0 aliphatic heterocycles. The summed E-state index contributed by atoms with van der Waals surface area (Å²) in [5.41, 5.74) is 5.37. The van der Waals surface area contributed by atoms with Crippen molar-refractivity contribution in [2.45, 2.75) is 6.04 Å². The summed E-state index contributed by atoms with van der Waals surface area (Å²) >= 11 is 3.27. The van der Waals surface area contributed by atoms with Crippen LogP contribution in [0, 0.1) is 5.82 Å². The fourth-order valence-corrected chi connectivity index (χ4v) is 5.24. The van der Waals surface area contributed by atoms with E-state index in [0.717, 1.165) is 44.2 Å². The molecule has 0 radical (unpaired) electrons. The second-order valence-corrected chi connectivity index (χ2v) is 9.89. The molecule has 3 aromatic carbocycles. The molecule has 0 amide bonds. The lowest BCUT2D eigenvalue weighted by atomic mass is 10.0. The zero-order chi connectivity index (χ0) is 25.7. The number of benzene rings is 3. The van der Waals surface area contributed by atoms with E-state index in [0.29, 0.717) is 10.0 Å². The molecule has 3 heterocycles. The molecular formula is C28H21BrFN5O2. The standard InChI is InChI=1S/C28H21BrFN5O2/c1-34-14-20-8-18(3-4-24(20)33-34)28-23-11-16(2-5-25(23)31-32-28)17-6-7-35(27(37)12-17)26(15-36)19-9-21(29)13-22(30)10-19/h2-14,26,36H,15H2,1H3,(H,31,32). The SMILES string of the molecule is Cn1cc2cc(-c3n[nH]c4ccc(-c5ccn(C(CO)c6cc(F)cc(Br)c6)c(=O)c5)cc34)ccc2n1. The monoisotopic (exact) mass is 557 g/mol. The molecule has 0 saturated heterocycles. The van der Waals surface area contributed by atoms with Crippen molar-refractivity contribution in [1.29, 1.82) is 0 Å². The van der Waals surface area contributed by atoms with E-state index >= 15 is 0 Å². The maximum atomic E-state index is 13.9. The number of hydrogen-bond donors (Lipinski definition) is 2. The predicted octanol–water partition coefficient (Wildman–Crippen LogP) is 5.43. The second kappa shape index (κ2) is 9.10. The Morgan fingerprint density at radius 1 is 1.03 bits per heavy atom. The third-order valence-corrected chi connectivity index (χ3v) is 6.97. The van der Waals surface area contributed by atoms with Gasteiger partial charge in [0, 0.05) is 46.3 Å². The average Bonchev–Trinajstić information content (AvgIpc) is 3.46. The summed E-state index contributed by atoms with van der Waals surface area (Å²) in [7, 11) is 1.89. The number of hydrogen-bond acceptors (Lipinski definition) is 4. The van der Waals surface area contributed by atoms with Crippen molar-refractivity contribution in [3.8, 4) is 22.4 Å². The van der Waals surface area contributed by atoms with Gasteiger partial charge in [-0.2, -0.15) is 10.2 Å². The number of nitrogens with zero attached hydrogens (tertiary/aromatic N) is 4. The van der Waals surface area contributed by atoms with E-state index in [-0.39, 0.29) is 12.2 Å². The molecule has 184 valence electrons. The van der Waals surface area contributed by atoms with Gasteiger partial charge in [-0.05, 0) is 65.2 Å². The molecule has 3 aromatic heterocycles. The van der Waals surface area contributed by atoms with Gasteiger partial charge in [0.15, 0.2) is 0 Å². The molecule has 1 atom stereocenters. The number of aliphatic hydroxyl groups is 1. The number of aryl methyl sites for hydroxylation is 1. The maximum Gasteiger partial charge on any atom is 0.251 e. The van der Waals surface area contributed by atoms with Crippen molar-refractivity contribution in [3.63, 3.8) is 0 Å². The fourth-order valence-electron chi connectivity index (χ4n) is 4.76. The van der Waals surface area contributed by atoms with E-state index in [4.69, 9.17) is 0 Å². The molecule has 0 aliphatic rings. The summed E-state index contributed by atoms with van der Waals surface area (Å²) in [5.74, 6) is -0.445. The molecule has 0 bridgehead atoms. The highest BCUT2D eigenvalue weighted by molar-refractivity contribution is 9.10. The number of aliphatic hydroxyl groups excluding tert-OH is 1. The topological polar surface area (TPSA) is 88.7 Å². The number of nitrogens with one attached hydrogen (secondary N) is 1. The van der Waals surface area contributed by atoms with Gasteiger partial charge in [0.1, 0.15) is 5.82 Å². The molecule has 6 aromatic rings. The first-order chi connectivity index (χ1) is 17.9. The Labute approximate surface area is 218 Å². The smallest absolute Gasteiger partial charge is 0.251 e. The largest absolute Gasteiger partial charge is 0.394 e. The zero-order valence-corrected chi connectivity index (χ0v) is 21.3. The van der Waals surface area contributed by atoms with Gasteiger partial charge in [-0.25, -0.2) is 4.39 Å². The molecule has 1 unspecified atom stereocenters. The maximum absolute atomic E-state index is 13.9. The normalized spacial score (nSPS) is 12.4. The van der Waals surface area contributed by atoms with Crippen LogP contribution in [0.15, 0.2) is 88.4 Å². The quantitative estimate of drug-likeness (QED) is 0.296. The van der Waals surface area contributed by atoms with Crippen LogP contribution in [0.1, 0.15) is 11.6 Å². The molecule has 0 saturated carbocycles. The molecule has 0 aliphatic carbocycles. The summed E-state index contributed by atoms with van der Waals surface area (Å²) in [6.45, 7) is -0.346. The van der Waals surface area contributed by atoms with Gasteiger partial charge >= 0.3 is 0 Å². The van der Waals surface area contributed by atoms with Crippen molar-refractivity contribution >= 4 is 37.7 Å². The summed E-state index contributed by atoms with van der Waals surface area (Å²) in [4.78, 5) is 13.1. The molecule has 2 N–H and O–H groups in total. The lowest BCUT2D eigenvalue weighted by Gasteiger charge is -2.19. The van der Waals surface area contributed by atoms with Crippen LogP contribution >= 0.6 is 15.9 Å². The third-order valence-electron chi connectivity index (χ3n) is 6.52. The van der Waals surface area contributed by atoms with Crippen molar-refractivity contribution in [3.05, 3.63) is 105 Å². The van der Waals surface area contributed by atoms with Crippen LogP contribution in [0.4, 0.5) is 4.39 Å². The van der Waals surface area contributed by atoms with Gasteiger partial charge in [0.25, 0.3) is 5.56 Å². The van der Waals surface area contributed by atoms with Gasteiger partial charge in [-0.15, -0.1) is 0 Å². The average molecular weight is 558 g/mol. The van der Waals surface area contributed by atoms with E-state index in [9.17, 15) is 14.3 Å². The number of rotatable bonds is 5. The van der Waals surface area contributed by atoms with Crippen LogP contribution in [0.3, 0.4) is 0 Å². The Kier molecular flexibility index (Phi) is 5.73. The van der Waals surface area contributed by atoms with E-state index in [1.807, 2.05) is 49.6 Å². The summed E-state index contributed by atoms with van der Waals surface area (Å²) in [6, 6.07) is 18.9. The molecule has 6 rings (SSSR count). The van der Waals surface area contributed by atoms with Gasteiger partial charge in [0.05, 0.1) is 29.4 Å². The van der Waals surface area contributed by atoms with Crippen LogP contribution in [-0.2, 0) is 7.05 Å². The minimum Gasteiger partial charge on any atom is -0.394 e. The molecular weight excluding hydrogens is 537 g/mol. The summed E-state index contributed by atoms with van der Waals surface area (Å²) < 4.78 is 17.7. The van der Waals surface area contributed by atoms with Crippen molar-refractivity contribution < 1.29 is 9.50 Å². The predicted molar refractivity (Wildman–Crippen MR) is 145 cm³/mol. The minimum atomic E-state index is -0.709. The van der Waals surface area contributed by atoms with E-state index < -0.39 is 11.9 Å². The number of fused-ring (bicyclic) bond motifs is 2. The Morgan fingerprint density at radius 2 is 1.84 bits per heavy atom. The molecule has 0 spiro atoms. The van der Waals surface area contributed by atoms with Gasteiger partial charge in [0.2, 0.25) is 0 Å². The van der Waals surface area contributed by atoms with Gasteiger partial charge < -0.3 is 9.67 Å². The van der Waals surface area contributed by atoms with Crippen LogP contribution in [0.25, 0.3) is 44.2 Å². The third kappa shape index (κ3) is 4.26. The van der Waals surface area contributed by atoms with E-state index in [2.05, 4.69) is 37.3 Å². The minimum absolute atomic E-state index is 0.300. The Hall–Kier alpha value is -4.08. The van der Waals surface area contributed by atoms with Crippen LogP contribution in [0.5, 0.6) is 0 Å². The number of H-pyrrole nitrogens is 1. The highest BCUT2D eigenvalue weighted by Crippen LogP contribution is 2.32. The molecule has 9 heteroatoms. The Bertz CT molecular complexity index is 1840. The van der Waals surface area contributed by atoms with Crippen molar-refractivity contribution in [1.82, 2.24) is 24.5 Å². The zero-order valence-electron chi connectivity index (χ0n) is 19.7. The van der Waals surface area contributed by atoms with Gasteiger partial charge in [-0.1, -0.05) is 28.1 Å². The van der Waals surface area contributed by atoms with E-state index in [1.165, 1.54) is 22.8 Å². The Balaban J connectivity index is 1.39. The molecule has 7 nitrogen and oxygen atoms in total. The first-order valence-corrected chi connectivity index (χ1v) is 12.4. The molecule has 37 heavy (non-hydrogen) atoms. The molecule has 0 fully saturated rings. The van der Waals surface area contributed by atoms with Crippen molar-refractivity contribution in [2.24, 2.45) is 7.05 Å². The van der Waals surface area contributed by atoms with Crippen LogP contribution < -0.4 is 5.56 Å². The number of aromatic amines is 1. The summed E-state index contributed by atoms with van der Waals surface area (Å²) in [5, 5.41) is 24.0. The summed E-state index contributed by atoms with van der Waals surface area (Å²) in [6.07, 6.45) is 3.60. The highest BCUT2D eigenvalue weighted by atomic mass is 79.9. The highest BCUT2D eigenvalue weighted by Gasteiger charge is 2.17. The Morgan fingerprint density at radius 3 is 2.62 bits per heavy atom. The van der Waals surface area contributed by atoms with Crippen molar-refractivity contribution in [2.75, 3.05) is 6.61 Å². The van der Waals surface area contributed by atoms with Crippen LogP contribution in [0.2, 0.25) is 0 Å². The number of aromatic nitrogens is 5. The number of halogens is 2. The fraction of sp³-hybridized carbons (Fsp3) is 0.107. The van der Waals surface area contributed by atoms with E-state index in [1.54, 1.807) is 16.9 Å². The first-order valence-electron chi connectivity index (χ1n) is 11.6.